The molecular formula is C14H20BrFN2. The van der Waals surface area contributed by atoms with Gasteiger partial charge < -0.3 is 0 Å². The highest BCUT2D eigenvalue weighted by Crippen LogP contribution is 2.32. The van der Waals surface area contributed by atoms with Crippen molar-refractivity contribution in [2.45, 2.75) is 44.6 Å². The van der Waals surface area contributed by atoms with Crippen LogP contribution in [0.4, 0.5) is 4.39 Å². The Labute approximate surface area is 116 Å². The van der Waals surface area contributed by atoms with Crippen LogP contribution < -0.4 is 11.3 Å². The fourth-order valence-corrected chi connectivity index (χ4v) is 3.19. The quantitative estimate of drug-likeness (QED) is 0.635. The summed E-state index contributed by atoms with van der Waals surface area (Å²) in [5, 5.41) is 0. The van der Waals surface area contributed by atoms with Gasteiger partial charge in [0.05, 0.1) is 0 Å². The maximum Gasteiger partial charge on any atom is 0.128 e. The van der Waals surface area contributed by atoms with Crippen LogP contribution in [0.15, 0.2) is 22.7 Å². The molecule has 0 radical (unpaired) electrons. The van der Waals surface area contributed by atoms with E-state index < -0.39 is 0 Å². The van der Waals surface area contributed by atoms with Crippen LogP contribution >= 0.6 is 15.9 Å². The summed E-state index contributed by atoms with van der Waals surface area (Å²) in [6.45, 7) is 0. The SMILES string of the molecule is NNC(CCC1CCCC1)c1cc(Br)ccc1F. The second kappa shape index (κ2) is 6.64. The van der Waals surface area contributed by atoms with Crippen molar-refractivity contribution in [3.8, 4) is 0 Å². The van der Waals surface area contributed by atoms with E-state index in [4.69, 9.17) is 5.84 Å². The van der Waals surface area contributed by atoms with Crippen molar-refractivity contribution < 1.29 is 4.39 Å². The van der Waals surface area contributed by atoms with Crippen LogP contribution in [0.2, 0.25) is 0 Å². The minimum Gasteiger partial charge on any atom is -0.271 e. The van der Waals surface area contributed by atoms with Crippen LogP contribution in [0.1, 0.15) is 50.1 Å². The fourth-order valence-electron chi connectivity index (χ4n) is 2.81. The van der Waals surface area contributed by atoms with Gasteiger partial charge in [0.15, 0.2) is 0 Å². The third-order valence-corrected chi connectivity index (χ3v) is 4.37. The topological polar surface area (TPSA) is 38.0 Å². The lowest BCUT2D eigenvalue weighted by Crippen LogP contribution is -2.29. The van der Waals surface area contributed by atoms with Gasteiger partial charge in [-0.25, -0.2) is 4.39 Å². The molecule has 1 unspecified atom stereocenters. The Kier molecular flexibility index (Phi) is 5.15. The number of hydrogen-bond acceptors (Lipinski definition) is 2. The van der Waals surface area contributed by atoms with Gasteiger partial charge in [-0.15, -0.1) is 0 Å². The maximum absolute atomic E-state index is 13.8. The molecule has 1 aromatic rings. The Morgan fingerprint density at radius 1 is 1.39 bits per heavy atom. The van der Waals surface area contributed by atoms with Crippen molar-refractivity contribution in [1.82, 2.24) is 5.43 Å². The Hall–Kier alpha value is -0.450. The summed E-state index contributed by atoms with van der Waals surface area (Å²) < 4.78 is 14.7. The molecule has 100 valence electrons. The Balaban J connectivity index is 2.00. The summed E-state index contributed by atoms with van der Waals surface area (Å²) in [6.07, 6.45) is 7.35. The summed E-state index contributed by atoms with van der Waals surface area (Å²) in [5.41, 5.74) is 3.41. The van der Waals surface area contributed by atoms with Gasteiger partial charge in [-0.3, -0.25) is 11.3 Å². The zero-order chi connectivity index (χ0) is 13.0. The third kappa shape index (κ3) is 3.53. The Bertz CT molecular complexity index is 391. The van der Waals surface area contributed by atoms with Crippen molar-refractivity contribution in [3.63, 3.8) is 0 Å². The molecule has 1 aliphatic rings. The van der Waals surface area contributed by atoms with Gasteiger partial charge in [0.2, 0.25) is 0 Å². The van der Waals surface area contributed by atoms with E-state index in [9.17, 15) is 4.39 Å². The lowest BCUT2D eigenvalue weighted by Gasteiger charge is -2.19. The van der Waals surface area contributed by atoms with E-state index in [0.29, 0.717) is 5.56 Å². The molecule has 1 aliphatic carbocycles. The number of nitrogens with one attached hydrogen (secondary N) is 1. The minimum absolute atomic E-state index is 0.0944. The van der Waals surface area contributed by atoms with Crippen LogP contribution in [0, 0.1) is 11.7 Å². The first-order valence-corrected chi connectivity index (χ1v) is 7.41. The van der Waals surface area contributed by atoms with E-state index in [1.54, 1.807) is 6.07 Å². The molecule has 0 spiro atoms. The van der Waals surface area contributed by atoms with E-state index in [0.717, 1.165) is 23.2 Å². The smallest absolute Gasteiger partial charge is 0.128 e. The number of hydrazine groups is 1. The van der Waals surface area contributed by atoms with Gasteiger partial charge in [0.25, 0.3) is 0 Å². The van der Waals surface area contributed by atoms with Gasteiger partial charge in [-0.1, -0.05) is 41.6 Å². The molecule has 2 rings (SSSR count). The number of halogens is 2. The minimum atomic E-state index is -0.187. The maximum atomic E-state index is 13.8. The molecule has 0 saturated heterocycles. The van der Waals surface area contributed by atoms with Crippen LogP contribution in [0.25, 0.3) is 0 Å². The number of hydrogen-bond donors (Lipinski definition) is 2. The Morgan fingerprint density at radius 2 is 2.11 bits per heavy atom. The number of benzene rings is 1. The standard InChI is InChI=1S/C14H20BrFN2/c15-11-6-7-13(16)12(9-11)14(18-17)8-5-10-3-1-2-4-10/h6-7,9-10,14,18H,1-5,8,17H2. The van der Waals surface area contributed by atoms with Gasteiger partial charge in [0.1, 0.15) is 5.82 Å². The first kappa shape index (κ1) is 14.0. The normalized spacial score (nSPS) is 18.2. The van der Waals surface area contributed by atoms with Crippen LogP contribution in [0.5, 0.6) is 0 Å². The molecule has 0 amide bonds. The predicted molar refractivity (Wildman–Crippen MR) is 75.4 cm³/mol. The number of rotatable bonds is 5. The zero-order valence-electron chi connectivity index (χ0n) is 10.5. The molecule has 1 atom stereocenters. The van der Waals surface area contributed by atoms with E-state index in [-0.39, 0.29) is 11.9 Å². The summed E-state index contributed by atoms with van der Waals surface area (Å²) in [6, 6.07) is 4.92. The van der Waals surface area contributed by atoms with E-state index in [1.807, 2.05) is 6.07 Å². The molecule has 0 aromatic heterocycles. The van der Waals surface area contributed by atoms with Gasteiger partial charge in [-0.05, 0) is 37.0 Å². The van der Waals surface area contributed by atoms with Crippen LogP contribution in [-0.4, -0.2) is 0 Å². The molecule has 0 heterocycles. The molecule has 0 bridgehead atoms. The molecule has 3 N–H and O–H groups in total. The second-order valence-electron chi connectivity index (χ2n) is 5.11. The van der Waals surface area contributed by atoms with Crippen molar-refractivity contribution >= 4 is 15.9 Å². The van der Waals surface area contributed by atoms with Gasteiger partial charge in [0, 0.05) is 16.1 Å². The highest BCUT2D eigenvalue weighted by molar-refractivity contribution is 9.10. The van der Waals surface area contributed by atoms with E-state index in [1.165, 1.54) is 31.7 Å². The third-order valence-electron chi connectivity index (χ3n) is 3.87. The highest BCUT2D eigenvalue weighted by Gasteiger charge is 2.19. The van der Waals surface area contributed by atoms with Crippen molar-refractivity contribution in [3.05, 3.63) is 34.1 Å². The van der Waals surface area contributed by atoms with Crippen molar-refractivity contribution in [1.29, 1.82) is 0 Å². The summed E-state index contributed by atoms with van der Waals surface area (Å²) >= 11 is 3.38. The molecule has 18 heavy (non-hydrogen) atoms. The van der Waals surface area contributed by atoms with Gasteiger partial charge in [-0.2, -0.15) is 0 Å². The average molecular weight is 315 g/mol. The second-order valence-corrected chi connectivity index (χ2v) is 6.03. The molecule has 4 heteroatoms. The summed E-state index contributed by atoms with van der Waals surface area (Å²) in [4.78, 5) is 0. The molecule has 1 saturated carbocycles. The first-order chi connectivity index (χ1) is 8.70. The molecule has 1 fully saturated rings. The lowest BCUT2D eigenvalue weighted by molar-refractivity contribution is 0.407. The monoisotopic (exact) mass is 314 g/mol. The Morgan fingerprint density at radius 3 is 2.78 bits per heavy atom. The molecule has 1 aromatic carbocycles. The van der Waals surface area contributed by atoms with Gasteiger partial charge >= 0.3 is 0 Å². The lowest BCUT2D eigenvalue weighted by atomic mass is 9.95. The predicted octanol–water partition coefficient (Wildman–Crippen LogP) is 4.06. The summed E-state index contributed by atoms with van der Waals surface area (Å²) in [5.74, 6) is 6.19. The highest BCUT2D eigenvalue weighted by atomic mass is 79.9. The fraction of sp³-hybridized carbons (Fsp3) is 0.571. The number of nitrogens with two attached hydrogens (primary N) is 1. The van der Waals surface area contributed by atoms with Crippen LogP contribution in [-0.2, 0) is 0 Å². The average Bonchev–Trinajstić information content (AvgIpc) is 2.87. The zero-order valence-corrected chi connectivity index (χ0v) is 12.0. The molecule has 2 nitrogen and oxygen atoms in total. The van der Waals surface area contributed by atoms with E-state index >= 15 is 0 Å². The van der Waals surface area contributed by atoms with Crippen molar-refractivity contribution in [2.75, 3.05) is 0 Å². The first-order valence-electron chi connectivity index (χ1n) is 6.62. The van der Waals surface area contributed by atoms with Crippen molar-refractivity contribution in [2.24, 2.45) is 11.8 Å². The summed E-state index contributed by atoms with van der Waals surface area (Å²) in [7, 11) is 0. The van der Waals surface area contributed by atoms with E-state index in [2.05, 4.69) is 21.4 Å². The van der Waals surface area contributed by atoms with Crippen LogP contribution in [0.3, 0.4) is 0 Å². The largest absolute Gasteiger partial charge is 0.271 e. The molecule has 0 aliphatic heterocycles. The molecular weight excluding hydrogens is 295 g/mol.